The highest BCUT2D eigenvalue weighted by Gasteiger charge is 2.36. The van der Waals surface area contributed by atoms with E-state index in [1.54, 1.807) is 0 Å². The molecule has 272 valence electrons. The van der Waals surface area contributed by atoms with Crippen molar-refractivity contribution >= 4 is 57.0 Å². The summed E-state index contributed by atoms with van der Waals surface area (Å²) < 4.78 is 3.82. The Morgan fingerprint density at radius 1 is 0.421 bits per heavy atom. The van der Waals surface area contributed by atoms with Crippen molar-refractivity contribution in [3.05, 3.63) is 193 Å². The molecule has 4 heterocycles. The second-order valence-corrected chi connectivity index (χ2v) is 14.9. The fraction of sp³-hybridized carbons (Fsp3) is 0.0612. The number of nitrogens with zero attached hydrogens (tertiary/aromatic N) is 8. The summed E-state index contributed by atoms with van der Waals surface area (Å²) in [6, 6.07) is 63.1. The Kier molecular flexibility index (Phi) is 7.34. The smallest absolute Gasteiger partial charge is 0.254 e. The zero-order valence-corrected chi connectivity index (χ0v) is 31.4. The molecule has 0 bridgehead atoms. The SMILES string of the molecule is CC1(C)c2ccccc2-c2ccc(N(c3nc4ccc5c(ccc6nc(N(c7ccccc7)c7ccccc7)nn65)n4n3)c3ccccc3-c3ccccc3)cc21. The average molecular weight is 737 g/mol. The number of pyridine rings is 2. The number of para-hydroxylation sites is 3. The van der Waals surface area contributed by atoms with Gasteiger partial charge >= 0.3 is 0 Å². The van der Waals surface area contributed by atoms with E-state index in [0.29, 0.717) is 11.9 Å². The van der Waals surface area contributed by atoms with Gasteiger partial charge in [-0.05, 0) is 94.5 Å². The predicted molar refractivity (Wildman–Crippen MR) is 229 cm³/mol. The summed E-state index contributed by atoms with van der Waals surface area (Å²) in [6.07, 6.45) is 0. The first-order valence-corrected chi connectivity index (χ1v) is 19.2. The van der Waals surface area contributed by atoms with Gasteiger partial charge in [-0.25, -0.2) is 9.03 Å². The van der Waals surface area contributed by atoms with Crippen molar-refractivity contribution in [2.45, 2.75) is 19.3 Å². The van der Waals surface area contributed by atoms with Gasteiger partial charge in [0.05, 0.1) is 16.7 Å². The van der Waals surface area contributed by atoms with Crippen LogP contribution in [0.25, 0.3) is 44.6 Å². The normalized spacial score (nSPS) is 12.9. The molecular weight excluding hydrogens is 701 g/mol. The molecule has 11 rings (SSSR count). The third kappa shape index (κ3) is 5.22. The molecule has 8 heteroatoms. The maximum Gasteiger partial charge on any atom is 0.254 e. The van der Waals surface area contributed by atoms with E-state index in [4.69, 9.17) is 20.2 Å². The third-order valence-corrected chi connectivity index (χ3v) is 11.2. The average Bonchev–Trinajstić information content (AvgIpc) is 3.95. The molecule has 10 aromatic rings. The Morgan fingerprint density at radius 2 is 0.930 bits per heavy atom. The first-order chi connectivity index (χ1) is 28.0. The van der Waals surface area contributed by atoms with Crippen molar-refractivity contribution in [3.63, 3.8) is 0 Å². The first-order valence-electron chi connectivity index (χ1n) is 19.2. The van der Waals surface area contributed by atoms with Gasteiger partial charge in [0, 0.05) is 28.0 Å². The van der Waals surface area contributed by atoms with E-state index in [-0.39, 0.29) is 5.41 Å². The van der Waals surface area contributed by atoms with Gasteiger partial charge in [-0.2, -0.15) is 9.97 Å². The largest absolute Gasteiger partial charge is 0.278 e. The minimum Gasteiger partial charge on any atom is -0.278 e. The molecule has 1 aliphatic rings. The quantitative estimate of drug-likeness (QED) is 0.162. The molecule has 4 aromatic heterocycles. The number of benzene rings is 6. The Balaban J connectivity index is 1.09. The summed E-state index contributed by atoms with van der Waals surface area (Å²) in [6.45, 7) is 4.63. The van der Waals surface area contributed by atoms with Gasteiger partial charge in [-0.15, -0.1) is 10.2 Å². The van der Waals surface area contributed by atoms with E-state index < -0.39 is 0 Å². The van der Waals surface area contributed by atoms with E-state index in [1.165, 1.54) is 22.3 Å². The van der Waals surface area contributed by atoms with Crippen molar-refractivity contribution in [2.24, 2.45) is 0 Å². The highest BCUT2D eigenvalue weighted by Crippen LogP contribution is 2.51. The van der Waals surface area contributed by atoms with E-state index >= 15 is 0 Å². The molecular formula is C49H36N8. The molecule has 57 heavy (non-hydrogen) atoms. The second kappa shape index (κ2) is 12.7. The third-order valence-electron chi connectivity index (χ3n) is 11.2. The van der Waals surface area contributed by atoms with Crippen molar-refractivity contribution < 1.29 is 0 Å². The van der Waals surface area contributed by atoms with Crippen LogP contribution < -0.4 is 9.80 Å². The topological polar surface area (TPSA) is 66.9 Å². The zero-order valence-electron chi connectivity index (χ0n) is 31.4. The van der Waals surface area contributed by atoms with Crippen LogP contribution in [0.3, 0.4) is 0 Å². The Labute approximate surface area is 329 Å². The minimum absolute atomic E-state index is 0.173. The summed E-state index contributed by atoms with van der Waals surface area (Å²) in [7, 11) is 0. The number of rotatable bonds is 7. The van der Waals surface area contributed by atoms with Crippen molar-refractivity contribution in [1.82, 2.24) is 29.2 Å². The van der Waals surface area contributed by atoms with Crippen molar-refractivity contribution in [3.8, 4) is 22.3 Å². The van der Waals surface area contributed by atoms with Crippen LogP contribution in [0.1, 0.15) is 25.0 Å². The second-order valence-electron chi connectivity index (χ2n) is 14.9. The molecule has 0 spiro atoms. The maximum atomic E-state index is 5.30. The van der Waals surface area contributed by atoms with Gasteiger partial charge in [0.1, 0.15) is 0 Å². The summed E-state index contributed by atoms with van der Waals surface area (Å²) in [5, 5.41) is 10.4. The van der Waals surface area contributed by atoms with Gasteiger partial charge in [0.25, 0.3) is 11.9 Å². The van der Waals surface area contributed by atoms with Crippen LogP contribution in [-0.4, -0.2) is 29.2 Å². The number of aromatic nitrogens is 6. The molecule has 0 unspecified atom stereocenters. The lowest BCUT2D eigenvalue weighted by Crippen LogP contribution is -2.17. The zero-order chi connectivity index (χ0) is 38.1. The van der Waals surface area contributed by atoms with Crippen molar-refractivity contribution in [1.29, 1.82) is 0 Å². The lowest BCUT2D eigenvalue weighted by atomic mass is 9.82. The predicted octanol–water partition coefficient (Wildman–Crippen LogP) is 11.8. The molecule has 6 aromatic carbocycles. The number of anilines is 6. The number of hydrogen-bond acceptors (Lipinski definition) is 6. The molecule has 0 fully saturated rings. The van der Waals surface area contributed by atoms with Crippen LogP contribution in [-0.2, 0) is 5.41 Å². The van der Waals surface area contributed by atoms with Gasteiger partial charge in [-0.1, -0.05) is 129 Å². The minimum atomic E-state index is -0.173. The lowest BCUT2D eigenvalue weighted by Gasteiger charge is -2.27. The Bertz CT molecular complexity index is 3070. The van der Waals surface area contributed by atoms with Gasteiger partial charge in [0.15, 0.2) is 11.3 Å². The van der Waals surface area contributed by atoms with E-state index in [2.05, 4.69) is 157 Å². The molecule has 0 atom stereocenters. The summed E-state index contributed by atoms with van der Waals surface area (Å²) in [5.74, 6) is 1.14. The van der Waals surface area contributed by atoms with Crippen LogP contribution >= 0.6 is 0 Å². The fourth-order valence-electron chi connectivity index (χ4n) is 8.48. The molecule has 0 radical (unpaired) electrons. The first kappa shape index (κ1) is 32.8. The molecule has 0 amide bonds. The highest BCUT2D eigenvalue weighted by atomic mass is 15.4. The van der Waals surface area contributed by atoms with Crippen LogP contribution in [0.5, 0.6) is 0 Å². The summed E-state index contributed by atoms with van der Waals surface area (Å²) in [4.78, 5) is 14.5. The van der Waals surface area contributed by atoms with E-state index in [1.807, 2.05) is 57.6 Å². The molecule has 1 aliphatic carbocycles. The van der Waals surface area contributed by atoms with Crippen molar-refractivity contribution in [2.75, 3.05) is 9.80 Å². The Morgan fingerprint density at radius 3 is 1.56 bits per heavy atom. The molecule has 8 nitrogen and oxygen atoms in total. The van der Waals surface area contributed by atoms with E-state index in [0.717, 1.165) is 56.2 Å². The van der Waals surface area contributed by atoms with Gasteiger partial charge < -0.3 is 0 Å². The summed E-state index contributed by atoms with van der Waals surface area (Å²) >= 11 is 0. The highest BCUT2D eigenvalue weighted by molar-refractivity contribution is 5.90. The molecule has 0 saturated carbocycles. The summed E-state index contributed by atoms with van der Waals surface area (Å²) in [5.41, 5.74) is 14.3. The fourth-order valence-corrected chi connectivity index (χ4v) is 8.48. The maximum absolute atomic E-state index is 5.30. The lowest BCUT2D eigenvalue weighted by molar-refractivity contribution is 0.660. The standard InChI is InChI=1S/C49H36N8/c1-49(2)40-24-14-12-23-38(40)39-27-26-36(32-41(39)49)55(42-25-15-13-22-37(42)33-16-6-3-7-17-33)48-51-46-31-29-43-44(57(46)53-48)28-30-45-50-47(52-56(43)45)54(34-18-8-4-9-19-34)35-20-10-5-11-21-35/h3-32H,1-2H3. The monoisotopic (exact) mass is 736 g/mol. The Hall–Kier alpha value is -7.58. The van der Waals surface area contributed by atoms with Crippen LogP contribution in [0.15, 0.2) is 182 Å². The van der Waals surface area contributed by atoms with Crippen LogP contribution in [0.2, 0.25) is 0 Å². The number of fused-ring (bicyclic) bond motifs is 8. The van der Waals surface area contributed by atoms with Gasteiger partial charge in [0.2, 0.25) is 0 Å². The number of hydrogen-bond donors (Lipinski definition) is 0. The van der Waals surface area contributed by atoms with Crippen LogP contribution in [0.4, 0.5) is 34.6 Å². The van der Waals surface area contributed by atoms with Gasteiger partial charge in [-0.3, -0.25) is 9.80 Å². The molecule has 0 N–H and O–H groups in total. The van der Waals surface area contributed by atoms with Crippen LogP contribution in [0, 0.1) is 0 Å². The van der Waals surface area contributed by atoms with E-state index in [9.17, 15) is 0 Å². The molecule has 0 aliphatic heterocycles. The molecule has 0 saturated heterocycles.